The lowest BCUT2D eigenvalue weighted by molar-refractivity contribution is -0.137. The first-order valence-electron chi connectivity index (χ1n) is 22.2. The summed E-state index contributed by atoms with van der Waals surface area (Å²) in [6, 6.07) is 0. The number of nitrogens with zero attached hydrogens (tertiary/aromatic N) is 4. The molecule has 69 heavy (non-hydrogen) atoms. The third kappa shape index (κ3) is 22.6. The number of anilines is 1. The molecule has 7 atom stereocenters. The van der Waals surface area contributed by atoms with E-state index >= 15 is 0 Å². The Kier molecular flexibility index (Phi) is 25.8. The van der Waals surface area contributed by atoms with Gasteiger partial charge in [0.2, 0.25) is 11.8 Å². The van der Waals surface area contributed by atoms with Gasteiger partial charge >= 0.3 is 23.5 Å². The van der Waals surface area contributed by atoms with Gasteiger partial charge in [0, 0.05) is 37.1 Å². The van der Waals surface area contributed by atoms with Crippen LogP contribution in [0.1, 0.15) is 97.6 Å². The van der Waals surface area contributed by atoms with E-state index in [0.29, 0.717) is 18.6 Å². The predicted molar refractivity (Wildman–Crippen MR) is 256 cm³/mol. The SMILES string of the molecule is CCCCC/C=C\C/C=C\C/C=C\C/C=C\CCCC(=O)SCCNC(=O)CCNC(=O)[C@H](O)C(C)(C)COP(=O)(O)OP(=O)(O)OC[C@H]1O[C@@H](n2cnc3c(N)ncnc32)C(O)[C@H]1OP(=O)(O)O. The average Bonchev–Trinajstić information content (AvgIpc) is 3.84. The maximum atomic E-state index is 12.7. The monoisotopic (exact) mass is 1050 g/mol. The van der Waals surface area contributed by atoms with Crippen LogP contribution >= 0.6 is 35.2 Å². The van der Waals surface area contributed by atoms with Crippen LogP contribution in [-0.4, -0.2) is 123 Å². The number of ether oxygens (including phenoxy) is 1. The zero-order chi connectivity index (χ0) is 51.1. The number of allylic oxidation sites excluding steroid dienone is 8. The number of aliphatic hydroxyl groups is 2. The second-order valence-corrected chi connectivity index (χ2v) is 21.7. The molecule has 0 spiro atoms. The Labute approximate surface area is 405 Å². The Morgan fingerprint density at radius 2 is 1.51 bits per heavy atom. The van der Waals surface area contributed by atoms with Gasteiger partial charge in [0.1, 0.15) is 36.3 Å². The summed E-state index contributed by atoms with van der Waals surface area (Å²) in [6.45, 7) is 2.71. The van der Waals surface area contributed by atoms with Gasteiger partial charge in [0.25, 0.3) is 0 Å². The summed E-state index contributed by atoms with van der Waals surface area (Å²) < 4.78 is 62.4. The van der Waals surface area contributed by atoms with Gasteiger partial charge in [-0.3, -0.25) is 32.5 Å². The third-order valence-electron chi connectivity index (χ3n) is 9.97. The van der Waals surface area contributed by atoms with Crippen molar-refractivity contribution in [3.63, 3.8) is 0 Å². The number of aliphatic hydroxyl groups excluding tert-OH is 2. The molecule has 0 aliphatic carbocycles. The first-order chi connectivity index (χ1) is 32.6. The van der Waals surface area contributed by atoms with Crippen molar-refractivity contribution in [1.82, 2.24) is 30.2 Å². The highest BCUT2D eigenvalue weighted by molar-refractivity contribution is 8.13. The molecular weight excluding hydrogens is 987 g/mol. The van der Waals surface area contributed by atoms with Crippen LogP contribution in [0.5, 0.6) is 0 Å². The van der Waals surface area contributed by atoms with Gasteiger partial charge in [0.05, 0.1) is 19.5 Å². The van der Waals surface area contributed by atoms with Crippen LogP contribution in [0, 0.1) is 5.41 Å². The number of nitrogen functional groups attached to an aromatic ring is 1. The fraction of sp³-hybridized carbons (Fsp3) is 0.610. The van der Waals surface area contributed by atoms with Gasteiger partial charge in [-0.25, -0.2) is 28.6 Å². The van der Waals surface area contributed by atoms with Crippen molar-refractivity contribution in [2.75, 3.05) is 37.8 Å². The van der Waals surface area contributed by atoms with Gasteiger partial charge in [-0.1, -0.05) is 94.0 Å². The fourth-order valence-corrected chi connectivity index (χ4v) is 9.84. The van der Waals surface area contributed by atoms with Crippen molar-refractivity contribution in [2.24, 2.45) is 5.41 Å². The lowest BCUT2D eigenvalue weighted by Gasteiger charge is -2.30. The van der Waals surface area contributed by atoms with E-state index in [9.17, 15) is 57.9 Å². The Balaban J connectivity index is 1.31. The average molecular weight is 1050 g/mol. The number of carbonyl (C=O) groups is 3. The summed E-state index contributed by atoms with van der Waals surface area (Å²) in [5, 5.41) is 26.6. The predicted octanol–water partition coefficient (Wildman–Crippen LogP) is 4.81. The number of hydrogen-bond donors (Lipinski definition) is 9. The molecule has 0 radical (unpaired) electrons. The molecular formula is C41H66N7O17P3S. The summed E-state index contributed by atoms with van der Waals surface area (Å²) in [7, 11) is -16.4. The van der Waals surface area contributed by atoms with Crippen molar-refractivity contribution < 1.29 is 80.5 Å². The highest BCUT2D eigenvalue weighted by atomic mass is 32.2. The summed E-state index contributed by atoms with van der Waals surface area (Å²) in [5.74, 6) is -1.09. The molecule has 1 saturated heterocycles. The van der Waals surface area contributed by atoms with Crippen LogP contribution in [0.25, 0.3) is 11.2 Å². The maximum Gasteiger partial charge on any atom is 0.481 e. The molecule has 1 aliphatic rings. The molecule has 388 valence electrons. The smallest absolute Gasteiger partial charge is 0.386 e. The minimum absolute atomic E-state index is 0.0112. The highest BCUT2D eigenvalue weighted by Gasteiger charge is 2.50. The standard InChI is InChI=1S/C41H66N7O17P3S/c1-4-5-6-7-8-9-10-11-12-13-14-15-16-17-18-19-20-21-32(50)69-25-24-43-31(49)22-23-44-39(53)36(52)41(2,3)27-62-68(59,60)65-67(57,58)61-26-30-35(64-66(54,55)56)34(51)40(63-30)48-29-47-33-37(42)45-28-46-38(33)48/h8-9,11-12,14-15,17-18,28-30,34-36,40,51-52H,4-7,10,13,16,19-27H2,1-3H3,(H,43,49)(H,44,53)(H,57,58)(H,59,60)(H2,42,45,46)(H2,54,55,56)/b9-8-,12-11-,15-14-,18-17-/t30-,34?,35+,36+,40-/m1/s1. The van der Waals surface area contributed by atoms with E-state index in [2.05, 4.69) is 90.0 Å². The number of fused-ring (bicyclic) bond motifs is 1. The summed E-state index contributed by atoms with van der Waals surface area (Å²) in [4.78, 5) is 88.3. The molecule has 3 heterocycles. The van der Waals surface area contributed by atoms with E-state index in [-0.39, 0.29) is 41.6 Å². The van der Waals surface area contributed by atoms with Crippen molar-refractivity contribution in [1.29, 1.82) is 0 Å². The molecule has 0 bridgehead atoms. The Bertz CT molecular complexity index is 2220. The van der Waals surface area contributed by atoms with E-state index in [1.807, 2.05) is 0 Å². The summed E-state index contributed by atoms with van der Waals surface area (Å²) in [5.41, 5.74) is 4.27. The maximum absolute atomic E-state index is 12.7. The minimum Gasteiger partial charge on any atom is -0.386 e. The molecule has 2 aromatic rings. The molecule has 0 aromatic carbocycles. The highest BCUT2D eigenvalue weighted by Crippen LogP contribution is 2.61. The lowest BCUT2D eigenvalue weighted by atomic mass is 9.87. The lowest BCUT2D eigenvalue weighted by Crippen LogP contribution is -2.46. The number of hydrogen-bond acceptors (Lipinski definition) is 18. The number of thioether (sulfide) groups is 1. The minimum atomic E-state index is -5.58. The van der Waals surface area contributed by atoms with Crippen molar-refractivity contribution in [3.8, 4) is 0 Å². The van der Waals surface area contributed by atoms with Crippen LogP contribution in [-0.2, 0) is 50.7 Å². The molecule has 28 heteroatoms. The number of nitrogens with two attached hydrogens (primary N) is 1. The molecule has 3 rings (SSSR count). The van der Waals surface area contributed by atoms with Gasteiger partial charge < -0.3 is 50.9 Å². The van der Waals surface area contributed by atoms with E-state index < -0.39 is 84.6 Å². The number of amides is 2. The molecule has 3 unspecified atom stereocenters. The zero-order valence-electron chi connectivity index (χ0n) is 38.8. The van der Waals surface area contributed by atoms with Crippen LogP contribution < -0.4 is 16.4 Å². The number of imidazole rings is 1. The number of phosphoric ester groups is 3. The Morgan fingerprint density at radius 3 is 2.14 bits per heavy atom. The number of unbranched alkanes of at least 4 members (excludes halogenated alkanes) is 4. The van der Waals surface area contributed by atoms with Gasteiger partial charge in [-0.2, -0.15) is 4.31 Å². The van der Waals surface area contributed by atoms with Gasteiger partial charge in [-0.05, 0) is 44.9 Å². The molecule has 1 fully saturated rings. The molecule has 24 nitrogen and oxygen atoms in total. The third-order valence-corrected chi connectivity index (χ3v) is 14.0. The van der Waals surface area contributed by atoms with Crippen molar-refractivity contribution in [3.05, 3.63) is 61.3 Å². The van der Waals surface area contributed by atoms with Crippen LogP contribution in [0.15, 0.2) is 61.3 Å². The van der Waals surface area contributed by atoms with E-state index in [1.165, 1.54) is 33.1 Å². The molecule has 1 aliphatic heterocycles. The molecule has 0 saturated carbocycles. The Hall–Kier alpha value is -3.48. The van der Waals surface area contributed by atoms with Crippen LogP contribution in [0.4, 0.5) is 5.82 Å². The summed E-state index contributed by atoms with van der Waals surface area (Å²) >= 11 is 1.11. The molecule has 2 aromatic heterocycles. The second kappa shape index (κ2) is 29.8. The number of carbonyl (C=O) groups excluding carboxylic acids is 3. The number of aromatic nitrogens is 4. The fourth-order valence-electron chi connectivity index (χ4n) is 6.29. The Morgan fingerprint density at radius 1 is 0.884 bits per heavy atom. The topological polar surface area (TPSA) is 364 Å². The first-order valence-corrected chi connectivity index (χ1v) is 27.7. The van der Waals surface area contributed by atoms with E-state index in [0.717, 1.165) is 61.1 Å². The number of rotatable bonds is 33. The van der Waals surface area contributed by atoms with E-state index in [4.69, 9.17) is 19.5 Å². The number of nitrogens with one attached hydrogen (secondary N) is 2. The van der Waals surface area contributed by atoms with Gasteiger partial charge in [-0.15, -0.1) is 0 Å². The quantitative estimate of drug-likeness (QED) is 0.0263. The largest absolute Gasteiger partial charge is 0.481 e. The van der Waals surface area contributed by atoms with Crippen molar-refractivity contribution >= 4 is 69.1 Å². The second-order valence-electron chi connectivity index (χ2n) is 16.3. The molecule has 10 N–H and O–H groups in total. The normalized spacial score (nSPS) is 20.3. The van der Waals surface area contributed by atoms with Crippen LogP contribution in [0.2, 0.25) is 0 Å². The van der Waals surface area contributed by atoms with Gasteiger partial charge in [0.15, 0.2) is 22.8 Å². The molecule has 2 amide bonds. The zero-order valence-corrected chi connectivity index (χ0v) is 42.3. The number of phosphoric acid groups is 3. The van der Waals surface area contributed by atoms with Crippen LogP contribution in [0.3, 0.4) is 0 Å². The summed E-state index contributed by atoms with van der Waals surface area (Å²) in [6.07, 6.45) is 19.7. The van der Waals surface area contributed by atoms with E-state index in [1.54, 1.807) is 0 Å². The first kappa shape index (κ1) is 59.8. The van der Waals surface area contributed by atoms with Crippen molar-refractivity contribution in [2.45, 2.75) is 122 Å².